The van der Waals surface area contributed by atoms with E-state index < -0.39 is 0 Å². The minimum Gasteiger partial charge on any atom is -0.356 e. The van der Waals surface area contributed by atoms with Gasteiger partial charge in [0.2, 0.25) is 0 Å². The van der Waals surface area contributed by atoms with Crippen LogP contribution in [0.3, 0.4) is 0 Å². The molecule has 5 nitrogen and oxygen atoms in total. The van der Waals surface area contributed by atoms with Crippen LogP contribution in [0.5, 0.6) is 0 Å². The smallest absolute Gasteiger partial charge is 0.252 e. The Morgan fingerprint density at radius 1 is 1.26 bits per heavy atom. The summed E-state index contributed by atoms with van der Waals surface area (Å²) in [5, 5.41) is 11.1. The third-order valence-electron chi connectivity index (χ3n) is 3.94. The molecule has 23 heavy (non-hydrogen) atoms. The molecule has 1 aromatic carbocycles. The van der Waals surface area contributed by atoms with Crippen molar-refractivity contribution in [2.24, 2.45) is 0 Å². The number of aromatic nitrogens is 3. The number of fused-ring (bicyclic) bond motifs is 1. The topological polar surface area (TPSA) is 70.7 Å². The summed E-state index contributed by atoms with van der Waals surface area (Å²) in [5.74, 6) is -0.452. The summed E-state index contributed by atoms with van der Waals surface area (Å²) in [4.78, 5) is 15.1. The number of nitrogens with zero attached hydrogens (tertiary/aromatic N) is 2. The molecule has 6 heteroatoms. The van der Waals surface area contributed by atoms with E-state index in [1.54, 1.807) is 12.1 Å². The second-order valence-corrected chi connectivity index (χ2v) is 5.48. The largest absolute Gasteiger partial charge is 0.356 e. The Morgan fingerprint density at radius 3 is 2.83 bits per heavy atom. The number of hydrogen-bond donors (Lipinski definition) is 2. The van der Waals surface area contributed by atoms with Crippen molar-refractivity contribution in [3.05, 3.63) is 58.8 Å². The molecule has 0 aliphatic carbocycles. The quantitative estimate of drug-likeness (QED) is 0.778. The summed E-state index contributed by atoms with van der Waals surface area (Å²) in [5.41, 5.74) is 3.98. The van der Waals surface area contributed by atoms with E-state index in [0.717, 1.165) is 22.2 Å². The highest BCUT2D eigenvalue weighted by Gasteiger charge is 2.14. The van der Waals surface area contributed by atoms with Crippen LogP contribution in [0.1, 0.15) is 27.2 Å². The van der Waals surface area contributed by atoms with Gasteiger partial charge in [-0.05, 0) is 43.5 Å². The molecule has 0 bridgehead atoms. The van der Waals surface area contributed by atoms with Gasteiger partial charge in [0.1, 0.15) is 5.82 Å². The van der Waals surface area contributed by atoms with E-state index >= 15 is 0 Å². The summed E-state index contributed by atoms with van der Waals surface area (Å²) >= 11 is 0. The Bertz CT molecular complexity index is 858. The van der Waals surface area contributed by atoms with E-state index in [1.807, 2.05) is 13.8 Å². The van der Waals surface area contributed by atoms with Crippen molar-refractivity contribution in [1.82, 2.24) is 20.5 Å². The molecule has 0 aliphatic heterocycles. The lowest BCUT2D eigenvalue weighted by Gasteiger charge is -2.06. The lowest BCUT2D eigenvalue weighted by Crippen LogP contribution is -2.26. The van der Waals surface area contributed by atoms with Crippen molar-refractivity contribution in [3.8, 4) is 0 Å². The van der Waals surface area contributed by atoms with Gasteiger partial charge in [-0.2, -0.15) is 10.2 Å². The molecule has 0 saturated heterocycles. The first-order valence-corrected chi connectivity index (χ1v) is 7.39. The number of nitrogens with one attached hydrogen (secondary N) is 2. The second kappa shape index (κ2) is 6.16. The fraction of sp³-hybridized carbons (Fsp3) is 0.235. The molecule has 118 valence electrons. The maximum atomic E-state index is 13.9. The van der Waals surface area contributed by atoms with Crippen LogP contribution in [0, 0.1) is 19.7 Å². The van der Waals surface area contributed by atoms with Crippen molar-refractivity contribution < 1.29 is 9.18 Å². The Labute approximate surface area is 132 Å². The predicted molar refractivity (Wildman–Crippen MR) is 85.8 cm³/mol. The molecule has 3 aromatic rings. The Hall–Kier alpha value is -2.76. The molecule has 0 fully saturated rings. The van der Waals surface area contributed by atoms with Crippen LogP contribution < -0.4 is 5.32 Å². The fourth-order valence-corrected chi connectivity index (χ4v) is 2.78. The van der Waals surface area contributed by atoms with E-state index in [9.17, 15) is 9.18 Å². The van der Waals surface area contributed by atoms with Gasteiger partial charge >= 0.3 is 0 Å². The van der Waals surface area contributed by atoms with Crippen molar-refractivity contribution in [2.75, 3.05) is 6.54 Å². The minimum absolute atomic E-state index is 0.194. The van der Waals surface area contributed by atoms with E-state index in [4.69, 9.17) is 0 Å². The molecular weight excluding hydrogens is 295 g/mol. The fourth-order valence-electron chi connectivity index (χ4n) is 2.78. The van der Waals surface area contributed by atoms with Crippen LogP contribution in [0.4, 0.5) is 4.39 Å². The van der Waals surface area contributed by atoms with Gasteiger partial charge in [0.25, 0.3) is 5.91 Å². The van der Waals surface area contributed by atoms with Gasteiger partial charge in [-0.1, -0.05) is 6.07 Å². The highest BCUT2D eigenvalue weighted by molar-refractivity contribution is 5.93. The van der Waals surface area contributed by atoms with Crippen LogP contribution in [0.15, 0.2) is 30.6 Å². The molecule has 2 N–H and O–H groups in total. The van der Waals surface area contributed by atoms with Gasteiger partial charge in [-0.3, -0.25) is 4.79 Å². The molecule has 0 aliphatic rings. The Morgan fingerprint density at radius 2 is 2.09 bits per heavy atom. The average molecular weight is 312 g/mol. The minimum atomic E-state index is -0.258. The zero-order valence-electron chi connectivity index (χ0n) is 13.0. The number of aryl methyl sites for hydroxylation is 2. The van der Waals surface area contributed by atoms with Crippen molar-refractivity contribution in [3.63, 3.8) is 0 Å². The first-order valence-electron chi connectivity index (χ1n) is 7.39. The van der Waals surface area contributed by atoms with Crippen LogP contribution in [0.25, 0.3) is 10.9 Å². The highest BCUT2D eigenvalue weighted by atomic mass is 19.1. The monoisotopic (exact) mass is 312 g/mol. The number of aromatic amines is 1. The SMILES string of the molecule is Cc1[nH]c2c(F)ccc(C)c2c1CCNC(=O)c1ccnnc1. The summed E-state index contributed by atoms with van der Waals surface area (Å²) < 4.78 is 13.9. The molecule has 2 heterocycles. The summed E-state index contributed by atoms with van der Waals surface area (Å²) in [6, 6.07) is 4.85. The van der Waals surface area contributed by atoms with Gasteiger partial charge in [-0.25, -0.2) is 4.39 Å². The van der Waals surface area contributed by atoms with Gasteiger partial charge in [0, 0.05) is 17.6 Å². The molecule has 0 saturated carbocycles. The number of carbonyl (C=O) groups excluding carboxylic acids is 1. The second-order valence-electron chi connectivity index (χ2n) is 5.48. The zero-order valence-corrected chi connectivity index (χ0v) is 13.0. The zero-order chi connectivity index (χ0) is 16.4. The Kier molecular flexibility index (Phi) is 4.06. The summed E-state index contributed by atoms with van der Waals surface area (Å²) in [6.07, 6.45) is 3.52. The maximum Gasteiger partial charge on any atom is 0.252 e. The van der Waals surface area contributed by atoms with Crippen molar-refractivity contribution in [2.45, 2.75) is 20.3 Å². The van der Waals surface area contributed by atoms with E-state index in [2.05, 4.69) is 20.5 Å². The maximum absolute atomic E-state index is 13.9. The summed E-state index contributed by atoms with van der Waals surface area (Å²) in [7, 11) is 0. The number of benzene rings is 1. The standard InChI is InChI=1S/C17H17FN4O/c1-10-3-4-14(18)16-15(10)13(11(2)22-16)6-7-19-17(23)12-5-8-20-21-9-12/h3-5,8-9,22H,6-7H2,1-2H3,(H,19,23). The van der Waals surface area contributed by atoms with Crippen LogP contribution in [-0.4, -0.2) is 27.6 Å². The third-order valence-corrected chi connectivity index (χ3v) is 3.94. The molecular formula is C17H17FN4O. The first-order chi connectivity index (χ1) is 11.1. The Balaban J connectivity index is 1.76. The molecule has 0 atom stereocenters. The van der Waals surface area contributed by atoms with E-state index in [1.165, 1.54) is 18.5 Å². The number of carbonyl (C=O) groups is 1. The normalized spacial score (nSPS) is 10.9. The van der Waals surface area contributed by atoms with E-state index in [0.29, 0.717) is 24.0 Å². The number of rotatable bonds is 4. The predicted octanol–water partition coefficient (Wildman–Crippen LogP) is 2.69. The molecule has 0 spiro atoms. The highest BCUT2D eigenvalue weighted by Crippen LogP contribution is 2.27. The molecule has 0 unspecified atom stereocenters. The average Bonchev–Trinajstić information content (AvgIpc) is 2.90. The van der Waals surface area contributed by atoms with Crippen LogP contribution in [-0.2, 0) is 6.42 Å². The first kappa shape index (κ1) is 15.1. The lowest BCUT2D eigenvalue weighted by atomic mass is 10.0. The van der Waals surface area contributed by atoms with Crippen LogP contribution >= 0.6 is 0 Å². The molecule has 3 rings (SSSR count). The number of hydrogen-bond acceptors (Lipinski definition) is 3. The van der Waals surface area contributed by atoms with Gasteiger partial charge < -0.3 is 10.3 Å². The number of H-pyrrole nitrogens is 1. The van der Waals surface area contributed by atoms with Gasteiger partial charge in [0.05, 0.1) is 23.5 Å². The van der Waals surface area contributed by atoms with Gasteiger partial charge in [0.15, 0.2) is 0 Å². The number of halogens is 1. The summed E-state index contributed by atoms with van der Waals surface area (Å²) in [6.45, 7) is 4.34. The third kappa shape index (κ3) is 2.92. The van der Waals surface area contributed by atoms with Crippen LogP contribution in [0.2, 0.25) is 0 Å². The van der Waals surface area contributed by atoms with Crippen molar-refractivity contribution in [1.29, 1.82) is 0 Å². The molecule has 2 aromatic heterocycles. The van der Waals surface area contributed by atoms with Crippen molar-refractivity contribution >= 4 is 16.8 Å². The van der Waals surface area contributed by atoms with E-state index in [-0.39, 0.29) is 11.7 Å². The van der Waals surface area contributed by atoms with Gasteiger partial charge in [-0.15, -0.1) is 0 Å². The molecule has 0 radical (unpaired) electrons. The number of amides is 1. The lowest BCUT2D eigenvalue weighted by molar-refractivity contribution is 0.0953. The molecule has 1 amide bonds.